The third kappa shape index (κ3) is 8.30. The highest BCUT2D eigenvalue weighted by atomic mass is 79.9. The summed E-state index contributed by atoms with van der Waals surface area (Å²) in [5.74, 6) is 0. The predicted octanol–water partition coefficient (Wildman–Crippen LogP) is 4.79. The van der Waals surface area contributed by atoms with Gasteiger partial charge in [0.15, 0.2) is 0 Å². The molecule has 1 rings (SSSR count). The Bertz CT molecular complexity index is 500. The third-order valence-electron chi connectivity index (χ3n) is 3.68. The maximum absolute atomic E-state index is 12.1. The van der Waals surface area contributed by atoms with Crippen molar-refractivity contribution in [2.75, 3.05) is 11.9 Å². The van der Waals surface area contributed by atoms with Gasteiger partial charge in [-0.2, -0.15) is 0 Å². The maximum atomic E-state index is 12.1. The number of nitrogens with one attached hydrogen (secondary N) is 1. The van der Waals surface area contributed by atoms with E-state index in [4.69, 9.17) is 0 Å². The molecule has 1 N–H and O–H groups in total. The Morgan fingerprint density at radius 3 is 1.91 bits per heavy atom. The number of hydrogen-bond acceptors (Lipinski definition) is 2. The maximum Gasteiger partial charge on any atom is 0.240 e. The van der Waals surface area contributed by atoms with Crippen LogP contribution in [0.1, 0.15) is 56.9 Å². The van der Waals surface area contributed by atoms with Gasteiger partial charge in [-0.25, -0.2) is 13.1 Å². The Labute approximate surface area is 144 Å². The molecular weight excluding hydrogens is 362 g/mol. The van der Waals surface area contributed by atoms with Crippen LogP contribution < -0.4 is 4.72 Å². The quantitative estimate of drug-likeness (QED) is 0.412. The second kappa shape index (κ2) is 11.2. The average Bonchev–Trinajstić information content (AvgIpc) is 2.49. The van der Waals surface area contributed by atoms with Crippen molar-refractivity contribution in [1.82, 2.24) is 4.72 Å². The van der Waals surface area contributed by atoms with Gasteiger partial charge in [0.1, 0.15) is 0 Å². The van der Waals surface area contributed by atoms with E-state index in [1.165, 1.54) is 38.5 Å². The van der Waals surface area contributed by atoms with E-state index < -0.39 is 10.0 Å². The molecule has 0 fully saturated rings. The predicted molar refractivity (Wildman–Crippen MR) is 97.1 cm³/mol. The number of hydrogen-bond donors (Lipinski definition) is 1. The van der Waals surface area contributed by atoms with Gasteiger partial charge in [0.2, 0.25) is 10.0 Å². The summed E-state index contributed by atoms with van der Waals surface area (Å²) in [7, 11) is -3.34. The summed E-state index contributed by atoms with van der Waals surface area (Å²) in [4.78, 5) is 0.352. The van der Waals surface area contributed by atoms with E-state index in [2.05, 4.69) is 20.7 Å². The van der Waals surface area contributed by atoms with E-state index in [1.54, 1.807) is 12.1 Å². The van der Waals surface area contributed by atoms with Crippen molar-refractivity contribution in [3.05, 3.63) is 29.8 Å². The molecule has 22 heavy (non-hydrogen) atoms. The summed E-state index contributed by atoms with van der Waals surface area (Å²) >= 11 is 3.44. The lowest BCUT2D eigenvalue weighted by Gasteiger charge is -2.07. The zero-order valence-corrected chi connectivity index (χ0v) is 15.9. The Hall–Kier alpha value is -0.390. The molecule has 0 saturated carbocycles. The number of rotatable bonds is 12. The number of unbranched alkanes of at least 4 members (excludes halogenated alkanes) is 7. The molecule has 0 aliphatic carbocycles. The van der Waals surface area contributed by atoms with E-state index in [0.717, 1.165) is 23.7 Å². The second-order valence-corrected chi connectivity index (χ2v) is 8.29. The number of halogens is 1. The van der Waals surface area contributed by atoms with E-state index >= 15 is 0 Å². The normalized spacial score (nSPS) is 11.7. The van der Waals surface area contributed by atoms with Gasteiger partial charge in [-0.3, -0.25) is 0 Å². The first-order valence-electron chi connectivity index (χ1n) is 8.18. The highest BCUT2D eigenvalue weighted by Gasteiger charge is 2.12. The minimum atomic E-state index is -3.34. The van der Waals surface area contributed by atoms with E-state index in [9.17, 15) is 8.42 Å². The lowest BCUT2D eigenvalue weighted by atomic mass is 10.1. The first-order valence-corrected chi connectivity index (χ1v) is 10.8. The molecule has 0 aliphatic rings. The molecule has 0 spiro atoms. The summed E-state index contributed by atoms with van der Waals surface area (Å²) in [6.07, 6.45) is 9.63. The molecule has 3 nitrogen and oxygen atoms in total. The number of sulfonamides is 1. The van der Waals surface area contributed by atoms with Gasteiger partial charge in [0, 0.05) is 11.9 Å². The first-order chi connectivity index (χ1) is 10.6. The van der Waals surface area contributed by atoms with Crippen LogP contribution in [-0.2, 0) is 10.0 Å². The standard InChI is InChI=1S/C17H28BrNO2S/c1-16-10-12-17(13-11-16)22(20,21)19-15-9-7-5-3-2-4-6-8-14-18/h10-13,19H,2-9,14-15H2,1H3. The van der Waals surface area contributed by atoms with E-state index in [-0.39, 0.29) is 0 Å². The van der Waals surface area contributed by atoms with Crippen molar-refractivity contribution in [1.29, 1.82) is 0 Å². The van der Waals surface area contributed by atoms with Crippen molar-refractivity contribution in [2.24, 2.45) is 0 Å². The molecule has 0 radical (unpaired) electrons. The second-order valence-electron chi connectivity index (χ2n) is 5.73. The van der Waals surface area contributed by atoms with Gasteiger partial charge in [0.05, 0.1) is 4.90 Å². The van der Waals surface area contributed by atoms with Crippen LogP contribution in [0.3, 0.4) is 0 Å². The fourth-order valence-electron chi connectivity index (χ4n) is 2.29. The molecule has 0 aromatic heterocycles. The van der Waals surface area contributed by atoms with Crippen LogP contribution in [0.2, 0.25) is 0 Å². The molecule has 0 amide bonds. The van der Waals surface area contributed by atoms with E-state index in [1.807, 2.05) is 19.1 Å². The highest BCUT2D eigenvalue weighted by Crippen LogP contribution is 2.11. The fraction of sp³-hybridized carbons (Fsp3) is 0.647. The Kier molecular flexibility index (Phi) is 10.0. The zero-order valence-electron chi connectivity index (χ0n) is 13.5. The van der Waals surface area contributed by atoms with Crippen molar-refractivity contribution in [2.45, 2.75) is 63.2 Å². The lowest BCUT2D eigenvalue weighted by Crippen LogP contribution is -2.24. The molecule has 0 aliphatic heterocycles. The van der Waals surface area contributed by atoms with Crippen LogP contribution >= 0.6 is 15.9 Å². The van der Waals surface area contributed by atoms with Gasteiger partial charge < -0.3 is 0 Å². The van der Waals surface area contributed by atoms with Crippen LogP contribution in [0.5, 0.6) is 0 Å². The Morgan fingerprint density at radius 2 is 1.36 bits per heavy atom. The topological polar surface area (TPSA) is 46.2 Å². The highest BCUT2D eigenvalue weighted by molar-refractivity contribution is 9.09. The molecule has 0 bridgehead atoms. The summed E-state index contributed by atoms with van der Waals surface area (Å²) < 4.78 is 26.8. The molecule has 0 heterocycles. The van der Waals surface area contributed by atoms with Crippen LogP contribution in [0.25, 0.3) is 0 Å². The summed E-state index contributed by atoms with van der Waals surface area (Å²) in [6.45, 7) is 2.48. The SMILES string of the molecule is Cc1ccc(S(=O)(=O)NCCCCCCCCCCBr)cc1. The summed E-state index contributed by atoms with van der Waals surface area (Å²) in [5, 5.41) is 1.11. The minimum Gasteiger partial charge on any atom is -0.211 e. The van der Waals surface area contributed by atoms with Gasteiger partial charge in [-0.05, 0) is 31.9 Å². The molecule has 1 aromatic carbocycles. The van der Waals surface area contributed by atoms with Gasteiger partial charge in [-0.15, -0.1) is 0 Å². The van der Waals surface area contributed by atoms with Gasteiger partial charge in [0.25, 0.3) is 0 Å². The Morgan fingerprint density at radius 1 is 0.864 bits per heavy atom. The largest absolute Gasteiger partial charge is 0.240 e. The average molecular weight is 390 g/mol. The van der Waals surface area contributed by atoms with Crippen LogP contribution in [0.4, 0.5) is 0 Å². The summed E-state index contributed by atoms with van der Waals surface area (Å²) in [6, 6.07) is 6.96. The molecule has 1 aromatic rings. The number of benzene rings is 1. The Balaban J connectivity index is 2.10. The zero-order chi connectivity index (χ0) is 16.3. The lowest BCUT2D eigenvalue weighted by molar-refractivity contribution is 0.559. The van der Waals surface area contributed by atoms with Crippen molar-refractivity contribution in [3.8, 4) is 0 Å². The van der Waals surface area contributed by atoms with Crippen molar-refractivity contribution >= 4 is 26.0 Å². The van der Waals surface area contributed by atoms with Crippen molar-refractivity contribution < 1.29 is 8.42 Å². The number of alkyl halides is 1. The molecular formula is C17H28BrNO2S. The van der Waals surface area contributed by atoms with Crippen molar-refractivity contribution in [3.63, 3.8) is 0 Å². The van der Waals surface area contributed by atoms with Crippen LogP contribution in [0.15, 0.2) is 29.2 Å². The molecule has 0 saturated heterocycles. The third-order valence-corrected chi connectivity index (χ3v) is 5.72. The van der Waals surface area contributed by atoms with E-state index in [0.29, 0.717) is 11.4 Å². The first kappa shape index (κ1) is 19.7. The molecule has 0 atom stereocenters. The van der Waals surface area contributed by atoms with Crippen LogP contribution in [0, 0.1) is 6.92 Å². The molecule has 5 heteroatoms. The minimum absolute atomic E-state index is 0.352. The molecule has 0 unspecified atom stereocenters. The van der Waals surface area contributed by atoms with Crippen LogP contribution in [-0.4, -0.2) is 20.3 Å². The fourth-order valence-corrected chi connectivity index (χ4v) is 3.76. The van der Waals surface area contributed by atoms with Gasteiger partial charge >= 0.3 is 0 Å². The number of aryl methyl sites for hydroxylation is 1. The monoisotopic (exact) mass is 389 g/mol. The smallest absolute Gasteiger partial charge is 0.211 e. The van der Waals surface area contributed by atoms with Gasteiger partial charge in [-0.1, -0.05) is 72.2 Å². The molecule has 126 valence electrons. The summed E-state index contributed by atoms with van der Waals surface area (Å²) in [5.41, 5.74) is 1.06.